The number of thiazole rings is 1. The van der Waals surface area contributed by atoms with E-state index in [1.807, 2.05) is 32.0 Å². The van der Waals surface area contributed by atoms with Crippen LogP contribution in [0.4, 0.5) is 5.13 Å². The average molecular weight is 389 g/mol. The number of hydrogen-bond acceptors (Lipinski definition) is 5. The summed E-state index contributed by atoms with van der Waals surface area (Å²) in [5.41, 5.74) is 2.95. The standard InChI is InChI=1S/C19H20N2O3S2/c1-13-8-10-15(11-9-13)26(23,24)12-4-7-17(22)20-19-21-18-14(2)5-3-6-16(18)25-19/h3,5-6,8-11H,4,7,12H2,1-2H3,(H,20,21,22). The van der Waals surface area contributed by atoms with Crippen LogP contribution in [0.2, 0.25) is 0 Å². The maximum Gasteiger partial charge on any atom is 0.226 e. The van der Waals surface area contributed by atoms with Crippen molar-refractivity contribution in [3.63, 3.8) is 0 Å². The molecule has 3 aromatic rings. The Bertz CT molecular complexity index is 1040. The zero-order valence-corrected chi connectivity index (χ0v) is 16.3. The van der Waals surface area contributed by atoms with E-state index in [2.05, 4.69) is 10.3 Å². The van der Waals surface area contributed by atoms with E-state index in [-0.39, 0.29) is 24.5 Å². The van der Waals surface area contributed by atoms with Crippen molar-refractivity contribution in [2.75, 3.05) is 11.1 Å². The largest absolute Gasteiger partial charge is 0.302 e. The van der Waals surface area contributed by atoms with Gasteiger partial charge in [0.25, 0.3) is 0 Å². The van der Waals surface area contributed by atoms with Crippen LogP contribution in [-0.4, -0.2) is 25.1 Å². The Labute approximate surface area is 157 Å². The number of nitrogens with one attached hydrogen (secondary N) is 1. The predicted octanol–water partition coefficient (Wildman–Crippen LogP) is 4.11. The highest BCUT2D eigenvalue weighted by atomic mass is 32.2. The van der Waals surface area contributed by atoms with Crippen LogP contribution in [0.1, 0.15) is 24.0 Å². The van der Waals surface area contributed by atoms with Crippen LogP contribution >= 0.6 is 11.3 Å². The van der Waals surface area contributed by atoms with Crippen LogP contribution in [0.5, 0.6) is 0 Å². The van der Waals surface area contributed by atoms with Gasteiger partial charge < -0.3 is 5.32 Å². The topological polar surface area (TPSA) is 76.1 Å². The molecule has 0 bridgehead atoms. The highest BCUT2D eigenvalue weighted by Gasteiger charge is 2.15. The molecule has 1 N–H and O–H groups in total. The zero-order chi connectivity index (χ0) is 18.7. The molecule has 136 valence electrons. The fraction of sp³-hybridized carbons (Fsp3) is 0.263. The van der Waals surface area contributed by atoms with Gasteiger partial charge in [0.15, 0.2) is 15.0 Å². The van der Waals surface area contributed by atoms with Gasteiger partial charge in [-0.2, -0.15) is 0 Å². The molecule has 0 saturated carbocycles. The molecule has 0 aliphatic carbocycles. The van der Waals surface area contributed by atoms with E-state index in [1.54, 1.807) is 24.3 Å². The molecule has 0 fully saturated rings. The third-order valence-electron chi connectivity index (χ3n) is 4.06. The second-order valence-electron chi connectivity index (χ2n) is 6.22. The Morgan fingerprint density at radius 3 is 2.54 bits per heavy atom. The lowest BCUT2D eigenvalue weighted by atomic mass is 10.2. The molecule has 1 heterocycles. The molecule has 1 aromatic heterocycles. The number of anilines is 1. The molecule has 0 aliphatic heterocycles. The number of para-hydroxylation sites is 1. The number of aryl methyl sites for hydroxylation is 2. The molecule has 2 aromatic carbocycles. The number of sulfone groups is 1. The number of benzene rings is 2. The fourth-order valence-electron chi connectivity index (χ4n) is 2.61. The number of carbonyl (C=O) groups excluding carboxylic acids is 1. The van der Waals surface area contributed by atoms with Crippen LogP contribution < -0.4 is 5.32 Å². The van der Waals surface area contributed by atoms with Crippen molar-refractivity contribution in [3.8, 4) is 0 Å². The normalized spacial score (nSPS) is 11.6. The van der Waals surface area contributed by atoms with Gasteiger partial charge in [0.1, 0.15) is 0 Å². The van der Waals surface area contributed by atoms with Crippen LogP contribution in [0.3, 0.4) is 0 Å². The summed E-state index contributed by atoms with van der Waals surface area (Å²) in [5, 5.41) is 3.31. The van der Waals surface area contributed by atoms with Crippen LogP contribution in [0.25, 0.3) is 10.2 Å². The number of aromatic nitrogens is 1. The number of rotatable bonds is 6. The van der Waals surface area contributed by atoms with Crippen molar-refractivity contribution in [3.05, 3.63) is 53.6 Å². The van der Waals surface area contributed by atoms with Crippen molar-refractivity contribution >= 4 is 42.4 Å². The van der Waals surface area contributed by atoms with E-state index in [0.29, 0.717) is 10.0 Å². The minimum atomic E-state index is -3.36. The predicted molar refractivity (Wildman–Crippen MR) is 105 cm³/mol. The molecular formula is C19H20N2O3S2. The fourth-order valence-corrected chi connectivity index (χ4v) is 4.88. The first-order chi connectivity index (χ1) is 12.3. The van der Waals surface area contributed by atoms with Crippen molar-refractivity contribution in [1.82, 2.24) is 4.98 Å². The van der Waals surface area contributed by atoms with Gasteiger partial charge in [0.05, 0.1) is 20.9 Å². The third kappa shape index (κ3) is 4.28. The quantitative estimate of drug-likeness (QED) is 0.689. The van der Waals surface area contributed by atoms with Crippen molar-refractivity contribution in [2.24, 2.45) is 0 Å². The van der Waals surface area contributed by atoms with Gasteiger partial charge in [-0.05, 0) is 44.0 Å². The van der Waals surface area contributed by atoms with E-state index in [9.17, 15) is 13.2 Å². The highest BCUT2D eigenvalue weighted by Crippen LogP contribution is 2.28. The summed E-state index contributed by atoms with van der Waals surface area (Å²) in [4.78, 5) is 16.8. The Balaban J connectivity index is 1.56. The van der Waals surface area contributed by atoms with Gasteiger partial charge >= 0.3 is 0 Å². The third-order valence-corrected chi connectivity index (χ3v) is 6.82. The Morgan fingerprint density at radius 1 is 1.12 bits per heavy atom. The first-order valence-electron chi connectivity index (χ1n) is 8.30. The Morgan fingerprint density at radius 2 is 1.85 bits per heavy atom. The van der Waals surface area contributed by atoms with Gasteiger partial charge in [-0.15, -0.1) is 0 Å². The maximum atomic E-state index is 12.3. The van der Waals surface area contributed by atoms with E-state index in [1.165, 1.54) is 11.3 Å². The molecule has 0 radical (unpaired) electrons. The molecule has 0 spiro atoms. The van der Waals surface area contributed by atoms with Crippen LogP contribution in [0.15, 0.2) is 47.4 Å². The zero-order valence-electron chi connectivity index (χ0n) is 14.7. The lowest BCUT2D eigenvalue weighted by Gasteiger charge is -2.05. The smallest absolute Gasteiger partial charge is 0.226 e. The molecule has 0 saturated heterocycles. The summed E-state index contributed by atoms with van der Waals surface area (Å²) in [5.74, 6) is -0.275. The maximum absolute atomic E-state index is 12.3. The lowest BCUT2D eigenvalue weighted by Crippen LogP contribution is -2.14. The van der Waals surface area contributed by atoms with Gasteiger partial charge in [-0.3, -0.25) is 4.79 Å². The van der Waals surface area contributed by atoms with Gasteiger partial charge in [-0.1, -0.05) is 41.2 Å². The van der Waals surface area contributed by atoms with E-state index in [4.69, 9.17) is 0 Å². The Hall–Kier alpha value is -2.25. The summed E-state index contributed by atoms with van der Waals surface area (Å²) >= 11 is 1.42. The van der Waals surface area contributed by atoms with Crippen LogP contribution in [0, 0.1) is 13.8 Å². The van der Waals surface area contributed by atoms with E-state index >= 15 is 0 Å². The molecule has 5 nitrogen and oxygen atoms in total. The molecular weight excluding hydrogens is 368 g/mol. The second kappa shape index (κ2) is 7.55. The Kier molecular flexibility index (Phi) is 5.38. The minimum Gasteiger partial charge on any atom is -0.302 e. The number of hydrogen-bond donors (Lipinski definition) is 1. The first kappa shape index (κ1) is 18.5. The van der Waals surface area contributed by atoms with E-state index in [0.717, 1.165) is 21.3 Å². The molecule has 7 heteroatoms. The number of nitrogens with zero attached hydrogens (tertiary/aromatic N) is 1. The summed E-state index contributed by atoms with van der Waals surface area (Å²) in [7, 11) is -3.36. The van der Waals surface area contributed by atoms with Crippen molar-refractivity contribution in [1.29, 1.82) is 0 Å². The molecule has 0 unspecified atom stereocenters. The van der Waals surface area contributed by atoms with Gasteiger partial charge in [0.2, 0.25) is 5.91 Å². The summed E-state index contributed by atoms with van der Waals surface area (Å²) < 4.78 is 25.6. The van der Waals surface area contributed by atoms with Gasteiger partial charge in [0, 0.05) is 6.42 Å². The summed E-state index contributed by atoms with van der Waals surface area (Å²) in [6.07, 6.45) is 0.409. The first-order valence-corrected chi connectivity index (χ1v) is 10.8. The highest BCUT2D eigenvalue weighted by molar-refractivity contribution is 7.91. The number of fused-ring (bicyclic) bond motifs is 1. The summed E-state index contributed by atoms with van der Waals surface area (Å²) in [6.45, 7) is 3.88. The van der Waals surface area contributed by atoms with E-state index < -0.39 is 9.84 Å². The molecule has 0 aliphatic rings. The number of amides is 1. The average Bonchev–Trinajstić information content (AvgIpc) is 2.99. The number of carbonyl (C=O) groups is 1. The second-order valence-corrected chi connectivity index (χ2v) is 9.36. The van der Waals surface area contributed by atoms with Crippen molar-refractivity contribution in [2.45, 2.75) is 31.6 Å². The monoisotopic (exact) mass is 388 g/mol. The molecule has 1 amide bonds. The lowest BCUT2D eigenvalue weighted by molar-refractivity contribution is -0.116. The molecule has 26 heavy (non-hydrogen) atoms. The van der Waals surface area contributed by atoms with Crippen LogP contribution in [-0.2, 0) is 14.6 Å². The van der Waals surface area contributed by atoms with Crippen molar-refractivity contribution < 1.29 is 13.2 Å². The minimum absolute atomic E-state index is 0.0531. The van der Waals surface area contributed by atoms with Gasteiger partial charge in [-0.25, -0.2) is 13.4 Å². The molecule has 3 rings (SSSR count). The SMILES string of the molecule is Cc1ccc(S(=O)(=O)CCCC(=O)Nc2nc3c(C)cccc3s2)cc1. The summed E-state index contributed by atoms with van der Waals surface area (Å²) in [6, 6.07) is 12.6. The molecule has 0 atom stereocenters.